The predicted octanol–water partition coefficient (Wildman–Crippen LogP) is 3.30. The molecule has 0 aliphatic carbocycles. The number of aromatic nitrogens is 1. The van der Waals surface area contributed by atoms with Crippen molar-refractivity contribution < 1.29 is 4.74 Å². The molecule has 2 aromatic rings. The summed E-state index contributed by atoms with van der Waals surface area (Å²) < 4.78 is 7.37. The molecule has 100 valence electrons. The van der Waals surface area contributed by atoms with Crippen molar-refractivity contribution in [1.82, 2.24) is 9.88 Å². The lowest BCUT2D eigenvalue weighted by Crippen LogP contribution is -2.43. The largest absolute Gasteiger partial charge is 0.467 e. The number of hydrogen-bond donors (Lipinski definition) is 0. The Labute approximate surface area is 117 Å². The first kappa shape index (κ1) is 11.7. The molecular weight excluding hydrogens is 256 g/mol. The summed E-state index contributed by atoms with van der Waals surface area (Å²) in [4.78, 5) is 7.12. The van der Waals surface area contributed by atoms with Gasteiger partial charge in [0.15, 0.2) is 0 Å². The van der Waals surface area contributed by atoms with E-state index in [0.29, 0.717) is 6.10 Å². The van der Waals surface area contributed by atoms with Crippen molar-refractivity contribution in [1.29, 1.82) is 0 Å². The monoisotopic (exact) mass is 274 g/mol. The normalized spacial score (nSPS) is 30.9. The molecule has 3 heterocycles. The van der Waals surface area contributed by atoms with Gasteiger partial charge in [-0.05, 0) is 44.9 Å². The zero-order valence-corrected chi connectivity index (χ0v) is 11.9. The van der Waals surface area contributed by atoms with Crippen molar-refractivity contribution in [3.8, 4) is 5.19 Å². The number of fused-ring (bicyclic) bond motifs is 3. The maximum absolute atomic E-state index is 6.15. The zero-order chi connectivity index (χ0) is 12.8. The number of hydrogen-bond acceptors (Lipinski definition) is 4. The third-order valence-electron chi connectivity index (χ3n) is 4.60. The molecule has 2 fully saturated rings. The topological polar surface area (TPSA) is 25.4 Å². The number of thiazole rings is 1. The quantitative estimate of drug-likeness (QED) is 0.840. The van der Waals surface area contributed by atoms with Gasteiger partial charge in [0.05, 0.1) is 10.2 Å². The standard InChI is InChI=1S/C15H18N2OS/c1-17-10-6-7-11(17)9-12(8-10)18-15-16-13-4-2-3-5-14(13)19-15/h2-5,10-12H,6-9H2,1H3. The first-order valence-corrected chi connectivity index (χ1v) is 7.85. The average molecular weight is 274 g/mol. The second-order valence-electron chi connectivity index (χ2n) is 5.71. The van der Waals surface area contributed by atoms with Crippen LogP contribution in [0.3, 0.4) is 0 Å². The molecule has 0 saturated carbocycles. The van der Waals surface area contributed by atoms with E-state index in [9.17, 15) is 0 Å². The summed E-state index contributed by atoms with van der Waals surface area (Å²) in [6, 6.07) is 9.69. The minimum atomic E-state index is 0.356. The lowest BCUT2D eigenvalue weighted by Gasteiger charge is -2.35. The lowest BCUT2D eigenvalue weighted by molar-refractivity contribution is 0.0661. The van der Waals surface area contributed by atoms with Gasteiger partial charge in [0, 0.05) is 12.1 Å². The Bertz CT molecular complexity index is 550. The van der Waals surface area contributed by atoms with Crippen LogP contribution < -0.4 is 4.74 Å². The van der Waals surface area contributed by atoms with Gasteiger partial charge in [0.25, 0.3) is 5.19 Å². The van der Waals surface area contributed by atoms with Crippen molar-refractivity contribution in [3.63, 3.8) is 0 Å². The van der Waals surface area contributed by atoms with Crippen LogP contribution in [0.15, 0.2) is 24.3 Å². The van der Waals surface area contributed by atoms with E-state index in [4.69, 9.17) is 4.74 Å². The molecule has 2 atom stereocenters. The van der Waals surface area contributed by atoms with Gasteiger partial charge in [-0.3, -0.25) is 0 Å². The van der Waals surface area contributed by atoms with Crippen molar-refractivity contribution in [3.05, 3.63) is 24.3 Å². The van der Waals surface area contributed by atoms with Gasteiger partial charge in [0.1, 0.15) is 6.10 Å². The minimum Gasteiger partial charge on any atom is -0.467 e. The van der Waals surface area contributed by atoms with Crippen LogP contribution >= 0.6 is 11.3 Å². The molecule has 2 bridgehead atoms. The van der Waals surface area contributed by atoms with Gasteiger partial charge >= 0.3 is 0 Å². The number of benzene rings is 1. The summed E-state index contributed by atoms with van der Waals surface area (Å²) >= 11 is 1.67. The van der Waals surface area contributed by atoms with Crippen LogP contribution in [0.4, 0.5) is 0 Å². The third-order valence-corrected chi connectivity index (χ3v) is 5.52. The maximum Gasteiger partial charge on any atom is 0.274 e. The van der Waals surface area contributed by atoms with Gasteiger partial charge in [-0.15, -0.1) is 0 Å². The molecule has 2 unspecified atom stereocenters. The first-order chi connectivity index (χ1) is 9.29. The highest BCUT2D eigenvalue weighted by molar-refractivity contribution is 7.20. The Balaban J connectivity index is 1.52. The Kier molecular flexibility index (Phi) is 2.74. The molecule has 4 rings (SSSR count). The van der Waals surface area contributed by atoms with Crippen LogP contribution in [0.1, 0.15) is 25.7 Å². The Morgan fingerprint density at radius 2 is 1.95 bits per heavy atom. The highest BCUT2D eigenvalue weighted by atomic mass is 32.1. The molecule has 0 radical (unpaired) electrons. The van der Waals surface area contributed by atoms with Crippen LogP contribution in [-0.4, -0.2) is 35.1 Å². The molecule has 1 aromatic heterocycles. The van der Waals surface area contributed by atoms with Crippen LogP contribution in [0, 0.1) is 0 Å². The van der Waals surface area contributed by atoms with Crippen molar-refractivity contribution in [2.45, 2.75) is 43.9 Å². The van der Waals surface area contributed by atoms with E-state index in [-0.39, 0.29) is 0 Å². The van der Waals surface area contributed by atoms with Crippen molar-refractivity contribution in [2.24, 2.45) is 0 Å². The SMILES string of the molecule is CN1C2CCC1CC(Oc1nc3ccccc3s1)C2. The van der Waals surface area contributed by atoms with E-state index in [1.54, 1.807) is 11.3 Å². The fourth-order valence-electron chi connectivity index (χ4n) is 3.50. The predicted molar refractivity (Wildman–Crippen MR) is 77.8 cm³/mol. The van der Waals surface area contributed by atoms with E-state index < -0.39 is 0 Å². The smallest absolute Gasteiger partial charge is 0.274 e. The summed E-state index contributed by atoms with van der Waals surface area (Å²) in [6.45, 7) is 0. The summed E-state index contributed by atoms with van der Waals surface area (Å²) in [5.41, 5.74) is 1.05. The van der Waals surface area contributed by atoms with E-state index in [1.807, 2.05) is 6.07 Å². The summed E-state index contributed by atoms with van der Waals surface area (Å²) in [7, 11) is 2.26. The van der Waals surface area contributed by atoms with Gasteiger partial charge < -0.3 is 9.64 Å². The fraction of sp³-hybridized carbons (Fsp3) is 0.533. The van der Waals surface area contributed by atoms with Gasteiger partial charge in [0.2, 0.25) is 0 Å². The lowest BCUT2D eigenvalue weighted by atomic mass is 10.0. The van der Waals surface area contributed by atoms with Crippen molar-refractivity contribution >= 4 is 21.6 Å². The number of nitrogens with zero attached hydrogens (tertiary/aromatic N) is 2. The molecule has 0 amide bonds. The average Bonchev–Trinajstić information content (AvgIpc) is 2.87. The Morgan fingerprint density at radius 1 is 1.21 bits per heavy atom. The molecule has 0 spiro atoms. The van der Waals surface area contributed by atoms with Gasteiger partial charge in [-0.1, -0.05) is 23.5 Å². The Hall–Kier alpha value is -1.13. The summed E-state index contributed by atoms with van der Waals surface area (Å²) in [5.74, 6) is 0. The number of ether oxygens (including phenoxy) is 1. The molecule has 4 heteroatoms. The summed E-state index contributed by atoms with van der Waals surface area (Å²) in [6.07, 6.45) is 5.34. The number of para-hydroxylation sites is 1. The van der Waals surface area contributed by atoms with Crippen LogP contribution in [-0.2, 0) is 0 Å². The van der Waals surface area contributed by atoms with E-state index in [1.165, 1.54) is 17.5 Å². The molecule has 0 N–H and O–H groups in total. The minimum absolute atomic E-state index is 0.356. The van der Waals surface area contributed by atoms with Crippen molar-refractivity contribution in [2.75, 3.05) is 7.05 Å². The van der Waals surface area contributed by atoms with Crippen LogP contribution in [0.25, 0.3) is 10.2 Å². The second kappa shape index (κ2) is 4.46. The molecule has 19 heavy (non-hydrogen) atoms. The van der Waals surface area contributed by atoms with E-state index >= 15 is 0 Å². The first-order valence-electron chi connectivity index (χ1n) is 7.04. The van der Waals surface area contributed by atoms with E-state index in [2.05, 4.69) is 35.1 Å². The number of rotatable bonds is 2. The fourth-order valence-corrected chi connectivity index (χ4v) is 4.38. The van der Waals surface area contributed by atoms with Crippen LogP contribution in [0.5, 0.6) is 5.19 Å². The highest BCUT2D eigenvalue weighted by Gasteiger charge is 2.39. The van der Waals surface area contributed by atoms with Crippen LogP contribution in [0.2, 0.25) is 0 Å². The molecule has 3 nitrogen and oxygen atoms in total. The number of piperidine rings is 1. The molecule has 2 aliphatic heterocycles. The van der Waals surface area contributed by atoms with Gasteiger partial charge in [-0.2, -0.15) is 0 Å². The second-order valence-corrected chi connectivity index (χ2v) is 6.70. The Morgan fingerprint density at radius 3 is 2.68 bits per heavy atom. The highest BCUT2D eigenvalue weighted by Crippen LogP contribution is 2.37. The van der Waals surface area contributed by atoms with E-state index in [0.717, 1.165) is 35.6 Å². The summed E-state index contributed by atoms with van der Waals surface area (Å²) in [5, 5.41) is 0.843. The molecule has 2 aliphatic rings. The molecule has 2 saturated heterocycles. The molecular formula is C15H18N2OS. The van der Waals surface area contributed by atoms with Gasteiger partial charge in [-0.25, -0.2) is 4.98 Å². The maximum atomic E-state index is 6.15. The molecule has 1 aromatic carbocycles. The zero-order valence-electron chi connectivity index (χ0n) is 11.1. The third kappa shape index (κ3) is 2.03.